The molecule has 0 aliphatic heterocycles. The Morgan fingerprint density at radius 3 is 0.759 bits per heavy atom. The van der Waals surface area contributed by atoms with Crippen LogP contribution in [0.1, 0.15) is 316 Å². The number of hydrogen-bond acceptors (Lipinski definition) is 6. The molecule has 6 heteroatoms. The van der Waals surface area contributed by atoms with Gasteiger partial charge in [-0.3, -0.25) is 14.4 Å². The van der Waals surface area contributed by atoms with Gasteiger partial charge < -0.3 is 14.2 Å². The summed E-state index contributed by atoms with van der Waals surface area (Å²) in [6.45, 7) is 6.41. The molecule has 1 atom stereocenters. The highest BCUT2D eigenvalue weighted by atomic mass is 16.6. The van der Waals surface area contributed by atoms with Crippen LogP contribution in [0.5, 0.6) is 0 Å². The van der Waals surface area contributed by atoms with E-state index in [1.165, 1.54) is 148 Å². The van der Waals surface area contributed by atoms with Gasteiger partial charge in [-0.2, -0.15) is 0 Å². The fraction of sp³-hybridized carbons (Fsp3) is 0.675. The van der Waals surface area contributed by atoms with Crippen molar-refractivity contribution in [1.29, 1.82) is 0 Å². The quantitative estimate of drug-likeness (QED) is 0.0261. The lowest BCUT2D eigenvalue weighted by atomic mass is 10.0. The second-order valence-corrected chi connectivity index (χ2v) is 22.7. The van der Waals surface area contributed by atoms with E-state index in [9.17, 15) is 14.4 Å². The minimum atomic E-state index is -0.807. The SMILES string of the molecule is CC/C=C\C/C=C\C/C=C\C/C=C\C/C=C\C/C=C\CCCCC(=O)OC(COC(=O)CCCCCCCCCCCCC/C=C\C/C=C\C/C=C\C/C=C\C/C=C\CC)COC(=O)CCCCCCCCCCCCCCCCCCC. The third kappa shape index (κ3) is 68.2. The lowest BCUT2D eigenvalue weighted by Gasteiger charge is -2.18. The number of carbonyl (C=O) groups excluding carboxylic acids is 3. The van der Waals surface area contributed by atoms with Crippen molar-refractivity contribution < 1.29 is 28.6 Å². The van der Waals surface area contributed by atoms with Crippen LogP contribution in [0, 0.1) is 0 Å². The summed E-state index contributed by atoms with van der Waals surface area (Å²) >= 11 is 0. The van der Waals surface area contributed by atoms with Crippen molar-refractivity contribution in [2.45, 2.75) is 322 Å². The van der Waals surface area contributed by atoms with E-state index in [2.05, 4.69) is 154 Å². The molecule has 0 radical (unpaired) electrons. The maximum Gasteiger partial charge on any atom is 0.306 e. The molecule has 0 saturated heterocycles. The van der Waals surface area contributed by atoms with Crippen LogP contribution in [-0.2, 0) is 28.6 Å². The molecule has 1 unspecified atom stereocenters. The van der Waals surface area contributed by atoms with Gasteiger partial charge in [0, 0.05) is 19.3 Å². The lowest BCUT2D eigenvalue weighted by molar-refractivity contribution is -0.167. The van der Waals surface area contributed by atoms with Crippen LogP contribution in [0.4, 0.5) is 0 Å². The summed E-state index contributed by atoms with van der Waals surface area (Å²) in [6.07, 6.45) is 99.0. The average molecular weight is 1150 g/mol. The van der Waals surface area contributed by atoms with Crippen molar-refractivity contribution in [2.24, 2.45) is 0 Å². The van der Waals surface area contributed by atoms with Crippen molar-refractivity contribution in [3.8, 4) is 0 Å². The summed E-state index contributed by atoms with van der Waals surface area (Å²) < 4.78 is 17.0. The van der Waals surface area contributed by atoms with Crippen LogP contribution < -0.4 is 0 Å². The highest BCUT2D eigenvalue weighted by Crippen LogP contribution is 2.17. The van der Waals surface area contributed by atoms with Gasteiger partial charge in [-0.05, 0) is 116 Å². The maximum absolute atomic E-state index is 12.9. The molecule has 0 N–H and O–H groups in total. The molecule has 0 aromatic heterocycles. The number of carbonyl (C=O) groups is 3. The Labute approximate surface area is 513 Å². The van der Waals surface area contributed by atoms with E-state index in [-0.39, 0.29) is 37.5 Å². The van der Waals surface area contributed by atoms with E-state index in [1.807, 2.05) is 0 Å². The van der Waals surface area contributed by atoms with Crippen molar-refractivity contribution in [2.75, 3.05) is 13.2 Å². The van der Waals surface area contributed by atoms with Crippen molar-refractivity contribution in [1.82, 2.24) is 0 Å². The van der Waals surface area contributed by atoms with E-state index in [0.717, 1.165) is 122 Å². The first-order valence-corrected chi connectivity index (χ1v) is 34.7. The molecule has 83 heavy (non-hydrogen) atoms. The molecule has 0 saturated carbocycles. The fourth-order valence-corrected chi connectivity index (χ4v) is 9.53. The molecule has 0 heterocycles. The highest BCUT2D eigenvalue weighted by molar-refractivity contribution is 5.71. The van der Waals surface area contributed by atoms with Crippen molar-refractivity contribution >= 4 is 17.9 Å². The number of unbranched alkanes of at least 4 members (excludes halogenated alkanes) is 29. The zero-order chi connectivity index (χ0) is 59.9. The first kappa shape index (κ1) is 78.5. The summed E-state index contributed by atoms with van der Waals surface area (Å²) in [6, 6.07) is 0. The normalized spacial score (nSPS) is 13.0. The second-order valence-electron chi connectivity index (χ2n) is 22.7. The van der Waals surface area contributed by atoms with Gasteiger partial charge in [0.1, 0.15) is 13.2 Å². The van der Waals surface area contributed by atoms with Gasteiger partial charge in [0.2, 0.25) is 0 Å². The Balaban J connectivity index is 4.43. The smallest absolute Gasteiger partial charge is 0.306 e. The van der Waals surface area contributed by atoms with E-state index in [1.54, 1.807) is 0 Å². The highest BCUT2D eigenvalue weighted by Gasteiger charge is 2.19. The van der Waals surface area contributed by atoms with Crippen LogP contribution in [0.15, 0.2) is 134 Å². The number of esters is 3. The minimum Gasteiger partial charge on any atom is -0.462 e. The predicted molar refractivity (Wildman–Crippen MR) is 362 cm³/mol. The van der Waals surface area contributed by atoms with Crippen LogP contribution >= 0.6 is 0 Å². The van der Waals surface area contributed by atoms with E-state index in [4.69, 9.17) is 14.2 Å². The van der Waals surface area contributed by atoms with Crippen molar-refractivity contribution in [3.63, 3.8) is 0 Å². The predicted octanol–water partition coefficient (Wildman–Crippen LogP) is 24.1. The molecule has 0 aromatic rings. The van der Waals surface area contributed by atoms with Crippen LogP contribution in [0.3, 0.4) is 0 Å². The molecule has 0 fully saturated rings. The van der Waals surface area contributed by atoms with E-state index in [0.29, 0.717) is 19.3 Å². The van der Waals surface area contributed by atoms with Gasteiger partial charge in [-0.15, -0.1) is 0 Å². The zero-order valence-corrected chi connectivity index (χ0v) is 54.2. The largest absolute Gasteiger partial charge is 0.462 e. The third-order valence-electron chi connectivity index (χ3n) is 14.7. The van der Waals surface area contributed by atoms with Crippen LogP contribution in [0.25, 0.3) is 0 Å². The molecule has 0 rings (SSSR count). The van der Waals surface area contributed by atoms with E-state index >= 15 is 0 Å². The minimum absolute atomic E-state index is 0.0968. The van der Waals surface area contributed by atoms with Gasteiger partial charge in [0.15, 0.2) is 6.10 Å². The fourth-order valence-electron chi connectivity index (χ4n) is 9.53. The third-order valence-corrected chi connectivity index (χ3v) is 14.7. The average Bonchev–Trinajstić information content (AvgIpc) is 3.50. The standard InChI is InChI=1S/C77H128O6/c1-4-7-10-13-16-19-22-25-28-31-33-35-36-37-38-39-40-42-43-46-49-52-55-58-61-64-67-70-76(79)82-73-74(72-81-75(78)69-66-63-60-57-54-51-48-45-30-27-24-21-18-15-12-9-6-3)83-77(80)71-68-65-62-59-56-53-50-47-44-41-34-32-29-26-23-20-17-14-11-8-5-2/h7-8,10-11,16-17,19-20,25-26,28-29,33-35,37-38,41,47,50,56,59,74H,4-6,9,12-15,18,21-24,27,30-32,36,39-40,42-46,48-49,51-55,57-58,60-73H2,1-3H3/b10-7-,11-8-,19-16-,20-17-,28-25-,29-26-,35-33-,38-37-,41-34-,50-47-,59-56-. The molecule has 0 aliphatic carbocycles. The Kier molecular flexibility index (Phi) is 66.3. The number of ether oxygens (including phenoxy) is 3. The first-order chi connectivity index (χ1) is 41.0. The Morgan fingerprint density at radius 1 is 0.253 bits per heavy atom. The van der Waals surface area contributed by atoms with Gasteiger partial charge in [-0.25, -0.2) is 0 Å². The Hall–Kier alpha value is -4.45. The summed E-state index contributed by atoms with van der Waals surface area (Å²) in [5.74, 6) is -0.934. The molecule has 0 aliphatic rings. The summed E-state index contributed by atoms with van der Waals surface area (Å²) in [5, 5.41) is 0. The molecular formula is C77H128O6. The molecule has 0 amide bonds. The summed E-state index contributed by atoms with van der Waals surface area (Å²) in [5.41, 5.74) is 0. The number of allylic oxidation sites excluding steroid dienone is 22. The number of hydrogen-bond donors (Lipinski definition) is 0. The molecule has 0 bridgehead atoms. The Morgan fingerprint density at radius 2 is 0.470 bits per heavy atom. The van der Waals surface area contributed by atoms with Gasteiger partial charge >= 0.3 is 17.9 Å². The van der Waals surface area contributed by atoms with Crippen LogP contribution in [0.2, 0.25) is 0 Å². The monoisotopic (exact) mass is 1150 g/mol. The second kappa shape index (κ2) is 70.0. The van der Waals surface area contributed by atoms with Gasteiger partial charge in [0.25, 0.3) is 0 Å². The van der Waals surface area contributed by atoms with Gasteiger partial charge in [0.05, 0.1) is 0 Å². The van der Waals surface area contributed by atoms with Gasteiger partial charge in [-0.1, -0.05) is 315 Å². The summed E-state index contributed by atoms with van der Waals surface area (Å²) in [4.78, 5) is 38.5. The molecular weight excluding hydrogens is 1020 g/mol. The van der Waals surface area contributed by atoms with Crippen LogP contribution in [-0.4, -0.2) is 37.2 Å². The molecule has 0 aromatic carbocycles. The Bertz CT molecular complexity index is 1750. The molecule has 0 spiro atoms. The zero-order valence-electron chi connectivity index (χ0n) is 54.2. The van der Waals surface area contributed by atoms with Crippen molar-refractivity contribution in [3.05, 3.63) is 134 Å². The van der Waals surface area contributed by atoms with E-state index < -0.39 is 6.10 Å². The number of rotatable bonds is 62. The molecule has 472 valence electrons. The molecule has 6 nitrogen and oxygen atoms in total. The maximum atomic E-state index is 12.9. The lowest BCUT2D eigenvalue weighted by Crippen LogP contribution is -2.30. The summed E-state index contributed by atoms with van der Waals surface area (Å²) in [7, 11) is 0. The first-order valence-electron chi connectivity index (χ1n) is 34.7. The topological polar surface area (TPSA) is 78.9 Å².